The zero-order valence-electron chi connectivity index (χ0n) is 19.1. The van der Waals surface area contributed by atoms with Crippen molar-refractivity contribution < 1.29 is 22.4 Å². The zero-order chi connectivity index (χ0) is 26.5. The molecule has 0 aliphatic carbocycles. The topological polar surface area (TPSA) is 192 Å². The highest BCUT2D eigenvalue weighted by Gasteiger charge is 2.26. The van der Waals surface area contributed by atoms with Gasteiger partial charge >= 0.3 is 0 Å². The maximum atomic E-state index is 13.0. The lowest BCUT2D eigenvalue weighted by Crippen LogP contribution is -2.28. The van der Waals surface area contributed by atoms with E-state index in [1.165, 1.54) is 30.5 Å². The normalized spacial score (nSPS) is 11.7. The summed E-state index contributed by atoms with van der Waals surface area (Å²) in [5.41, 5.74) is 6.56. The number of sulfonamides is 1. The summed E-state index contributed by atoms with van der Waals surface area (Å²) in [4.78, 5) is 28.1. The largest absolute Gasteiger partial charge is 0.464 e. The lowest BCUT2D eigenvalue weighted by Gasteiger charge is -2.17. The third-order valence-electron chi connectivity index (χ3n) is 4.81. The molecule has 4 N–H and O–H groups in total. The van der Waals surface area contributed by atoms with Crippen molar-refractivity contribution in [2.75, 3.05) is 11.1 Å². The van der Waals surface area contributed by atoms with Crippen LogP contribution in [0.5, 0.6) is 0 Å². The summed E-state index contributed by atoms with van der Waals surface area (Å²) in [6.07, 6.45) is 1.75. The number of carbonyl (C=O) groups excluding carboxylic acids is 2. The number of benzene rings is 1. The number of furan rings is 1. The second-order valence-corrected chi connectivity index (χ2v) is 10.2. The first kappa shape index (κ1) is 26.3. The van der Waals surface area contributed by atoms with Crippen LogP contribution in [0.4, 0.5) is 11.5 Å². The Labute approximate surface area is 211 Å². The van der Waals surface area contributed by atoms with E-state index in [2.05, 4.69) is 10.3 Å². The lowest BCUT2D eigenvalue weighted by molar-refractivity contribution is -0.117. The van der Waals surface area contributed by atoms with Crippen molar-refractivity contribution in [3.8, 4) is 23.5 Å². The minimum Gasteiger partial charge on any atom is -0.464 e. The Morgan fingerprint density at radius 3 is 2.36 bits per heavy atom. The molecule has 0 bridgehead atoms. The van der Waals surface area contributed by atoms with Gasteiger partial charge in [-0.15, -0.1) is 0 Å². The number of thioether (sulfide) groups is 1. The quantitative estimate of drug-likeness (QED) is 0.369. The zero-order valence-corrected chi connectivity index (χ0v) is 20.7. The second-order valence-electron chi connectivity index (χ2n) is 7.32. The Morgan fingerprint density at radius 2 is 1.83 bits per heavy atom. The summed E-state index contributed by atoms with van der Waals surface area (Å²) in [6.45, 7) is 2.85. The molecular formula is C23H20N6O5S2. The van der Waals surface area contributed by atoms with Gasteiger partial charge in [-0.05, 0) is 42.8 Å². The van der Waals surface area contributed by atoms with Gasteiger partial charge in [-0.3, -0.25) is 9.59 Å². The highest BCUT2D eigenvalue weighted by atomic mass is 32.2. The van der Waals surface area contributed by atoms with Crippen LogP contribution >= 0.6 is 11.8 Å². The molecule has 2 aromatic heterocycles. The van der Waals surface area contributed by atoms with E-state index in [4.69, 9.17) is 10.2 Å². The van der Waals surface area contributed by atoms with E-state index in [-0.39, 0.29) is 38.2 Å². The summed E-state index contributed by atoms with van der Waals surface area (Å²) >= 11 is 1.01. The third-order valence-corrected chi connectivity index (χ3v) is 7.61. The average molecular weight is 525 g/mol. The van der Waals surface area contributed by atoms with Crippen LogP contribution in [0.3, 0.4) is 0 Å². The van der Waals surface area contributed by atoms with E-state index in [1.54, 1.807) is 19.1 Å². The maximum absolute atomic E-state index is 13.0. The standard InChI is InChI=1S/C23H20N6O5S2/c1-3-19(22(31)27-14-6-8-15(9-7-14)36(32,33)29-13(2)30)35-23-17(12-25)20(18-5-4-10-34-18)16(11-24)21(26)28-23/h4-10,19H,3H2,1-2H3,(H2,26,28)(H,27,31)(H,29,30). The predicted molar refractivity (Wildman–Crippen MR) is 132 cm³/mol. The fourth-order valence-electron chi connectivity index (χ4n) is 3.20. The summed E-state index contributed by atoms with van der Waals surface area (Å²) in [6, 6.07) is 12.5. The van der Waals surface area contributed by atoms with Crippen LogP contribution in [0.1, 0.15) is 31.4 Å². The second kappa shape index (κ2) is 10.9. The van der Waals surface area contributed by atoms with Gasteiger partial charge in [0.15, 0.2) is 0 Å². The first-order valence-corrected chi connectivity index (χ1v) is 12.8. The fourth-order valence-corrected chi connectivity index (χ4v) is 5.21. The number of nitriles is 2. The molecule has 36 heavy (non-hydrogen) atoms. The van der Waals surface area contributed by atoms with E-state index in [0.29, 0.717) is 12.1 Å². The van der Waals surface area contributed by atoms with Crippen molar-refractivity contribution in [3.05, 3.63) is 53.8 Å². The first-order valence-electron chi connectivity index (χ1n) is 10.4. The average Bonchev–Trinajstić information content (AvgIpc) is 3.36. The number of aromatic nitrogens is 1. The molecule has 1 atom stereocenters. The molecule has 2 amide bonds. The van der Waals surface area contributed by atoms with Crippen LogP contribution in [0.25, 0.3) is 11.3 Å². The number of carbonyl (C=O) groups is 2. The smallest absolute Gasteiger partial charge is 0.264 e. The van der Waals surface area contributed by atoms with Gasteiger partial charge in [-0.25, -0.2) is 18.1 Å². The number of nitrogens with zero attached hydrogens (tertiary/aromatic N) is 3. The Morgan fingerprint density at radius 1 is 1.17 bits per heavy atom. The molecule has 2 heterocycles. The van der Waals surface area contributed by atoms with Crippen molar-refractivity contribution >= 4 is 45.1 Å². The van der Waals surface area contributed by atoms with Gasteiger partial charge in [-0.1, -0.05) is 18.7 Å². The number of amides is 2. The molecule has 1 unspecified atom stereocenters. The monoisotopic (exact) mass is 524 g/mol. The van der Waals surface area contributed by atoms with E-state index < -0.39 is 27.1 Å². The minimum atomic E-state index is -4.00. The molecule has 13 heteroatoms. The Hall–Kier alpha value is -4.33. The molecule has 11 nitrogen and oxygen atoms in total. The van der Waals surface area contributed by atoms with E-state index >= 15 is 0 Å². The SMILES string of the molecule is CCC(Sc1nc(N)c(C#N)c(-c2ccco2)c1C#N)C(=O)Nc1ccc(S(=O)(=O)NC(C)=O)cc1. The van der Waals surface area contributed by atoms with Crippen molar-refractivity contribution in [1.29, 1.82) is 10.5 Å². The highest BCUT2D eigenvalue weighted by molar-refractivity contribution is 8.00. The third kappa shape index (κ3) is 5.66. The highest BCUT2D eigenvalue weighted by Crippen LogP contribution is 2.37. The molecule has 0 fully saturated rings. The maximum Gasteiger partial charge on any atom is 0.264 e. The summed E-state index contributed by atoms with van der Waals surface area (Å²) < 4.78 is 31.4. The van der Waals surface area contributed by atoms with E-state index in [9.17, 15) is 28.5 Å². The molecule has 3 rings (SSSR count). The van der Waals surface area contributed by atoms with E-state index in [0.717, 1.165) is 18.7 Å². The number of nitrogens with two attached hydrogens (primary N) is 1. The molecule has 0 saturated heterocycles. The van der Waals surface area contributed by atoms with Gasteiger partial charge in [0.05, 0.1) is 27.5 Å². The van der Waals surface area contributed by atoms with E-state index in [1.807, 2.05) is 16.9 Å². The first-order chi connectivity index (χ1) is 17.1. The molecule has 0 aliphatic heterocycles. The molecule has 0 saturated carbocycles. The number of hydrogen-bond donors (Lipinski definition) is 3. The van der Waals surface area contributed by atoms with Gasteiger partial charge in [0.25, 0.3) is 10.0 Å². The van der Waals surface area contributed by atoms with Crippen molar-refractivity contribution in [2.45, 2.75) is 35.4 Å². The molecule has 184 valence electrons. The molecule has 0 radical (unpaired) electrons. The van der Waals surface area contributed by atoms with Crippen LogP contribution in [0, 0.1) is 22.7 Å². The van der Waals surface area contributed by atoms with Crippen molar-refractivity contribution in [3.63, 3.8) is 0 Å². The summed E-state index contributed by atoms with van der Waals surface area (Å²) in [5, 5.41) is 21.6. The van der Waals surface area contributed by atoms with Gasteiger partial charge < -0.3 is 15.5 Å². The summed E-state index contributed by atoms with van der Waals surface area (Å²) in [7, 11) is -4.00. The number of nitrogen functional groups attached to an aromatic ring is 1. The number of anilines is 2. The molecule has 1 aromatic carbocycles. The number of pyridine rings is 1. The minimum absolute atomic E-state index is 0.00217. The van der Waals surface area contributed by atoms with Crippen molar-refractivity contribution in [1.82, 2.24) is 9.71 Å². The molecular weight excluding hydrogens is 504 g/mol. The van der Waals surface area contributed by atoms with Gasteiger partial charge in [0.1, 0.15) is 34.3 Å². The fraction of sp³-hybridized carbons (Fsp3) is 0.174. The van der Waals surface area contributed by atoms with Gasteiger partial charge in [0, 0.05) is 12.6 Å². The lowest BCUT2D eigenvalue weighted by atomic mass is 10.0. The van der Waals surface area contributed by atoms with Crippen LogP contribution < -0.4 is 15.8 Å². The van der Waals surface area contributed by atoms with Gasteiger partial charge in [0.2, 0.25) is 11.8 Å². The summed E-state index contributed by atoms with van der Waals surface area (Å²) in [5.74, 6) is -0.977. The van der Waals surface area contributed by atoms with Crippen LogP contribution in [0.2, 0.25) is 0 Å². The van der Waals surface area contributed by atoms with Crippen LogP contribution in [-0.2, 0) is 19.6 Å². The molecule has 3 aromatic rings. The predicted octanol–water partition coefficient (Wildman–Crippen LogP) is 3.00. The molecule has 0 aliphatic rings. The number of hydrogen-bond acceptors (Lipinski definition) is 10. The van der Waals surface area contributed by atoms with Crippen LogP contribution in [0.15, 0.2) is 57.0 Å². The molecule has 0 spiro atoms. The Bertz CT molecular complexity index is 1490. The van der Waals surface area contributed by atoms with Crippen LogP contribution in [-0.4, -0.2) is 30.5 Å². The Kier molecular flexibility index (Phi) is 7.99. The number of rotatable bonds is 8. The Balaban J connectivity index is 1.87. The van der Waals surface area contributed by atoms with Crippen molar-refractivity contribution in [2.24, 2.45) is 0 Å². The van der Waals surface area contributed by atoms with Gasteiger partial charge in [-0.2, -0.15) is 10.5 Å². The number of nitrogens with one attached hydrogen (secondary N) is 2.